The predicted molar refractivity (Wildman–Crippen MR) is 80.9 cm³/mol. The quantitative estimate of drug-likeness (QED) is 0.889. The molecule has 0 spiro atoms. The summed E-state index contributed by atoms with van der Waals surface area (Å²) in [6.45, 7) is 2.83. The zero-order valence-electron chi connectivity index (χ0n) is 11.5. The van der Waals surface area contributed by atoms with E-state index in [0.29, 0.717) is 13.2 Å². The molecule has 0 saturated carbocycles. The zero-order chi connectivity index (χ0) is 13.9. The van der Waals surface area contributed by atoms with Crippen molar-refractivity contribution in [3.63, 3.8) is 0 Å². The summed E-state index contributed by atoms with van der Waals surface area (Å²) < 4.78 is 5.52. The highest BCUT2D eigenvalue weighted by atomic mass is 16.5. The third kappa shape index (κ3) is 2.38. The van der Waals surface area contributed by atoms with Gasteiger partial charge >= 0.3 is 0 Å². The van der Waals surface area contributed by atoms with Crippen molar-refractivity contribution in [3.8, 4) is 0 Å². The molecule has 106 valence electrons. The summed E-state index contributed by atoms with van der Waals surface area (Å²) in [5.41, 5.74) is 8.18. The molecule has 1 saturated heterocycles. The molecule has 1 heterocycles. The first-order valence-corrected chi connectivity index (χ1v) is 7.01. The molecular weight excluding hydrogens is 252 g/mol. The second-order valence-electron chi connectivity index (χ2n) is 5.11. The molecule has 1 fully saturated rings. The number of fused-ring (bicyclic) bond motifs is 1. The number of benzene rings is 2. The largest absolute Gasteiger partial charge is 0.394 e. The van der Waals surface area contributed by atoms with Gasteiger partial charge in [-0.2, -0.15) is 0 Å². The summed E-state index contributed by atoms with van der Waals surface area (Å²) in [5, 5.41) is 11.7. The van der Waals surface area contributed by atoms with E-state index in [1.165, 1.54) is 16.5 Å². The number of anilines is 1. The van der Waals surface area contributed by atoms with Gasteiger partial charge in [-0.25, -0.2) is 0 Å². The second kappa shape index (κ2) is 5.79. The number of rotatable bonds is 3. The van der Waals surface area contributed by atoms with Crippen molar-refractivity contribution < 1.29 is 9.84 Å². The lowest BCUT2D eigenvalue weighted by molar-refractivity contribution is 0.00364. The molecule has 3 N–H and O–H groups in total. The van der Waals surface area contributed by atoms with Gasteiger partial charge in [0.1, 0.15) is 0 Å². The first-order chi connectivity index (χ1) is 9.83. The van der Waals surface area contributed by atoms with Gasteiger partial charge in [0.25, 0.3) is 0 Å². The Labute approximate surface area is 118 Å². The first kappa shape index (κ1) is 13.4. The van der Waals surface area contributed by atoms with Gasteiger partial charge in [0.05, 0.1) is 19.3 Å². The van der Waals surface area contributed by atoms with Gasteiger partial charge < -0.3 is 20.5 Å². The van der Waals surface area contributed by atoms with Crippen molar-refractivity contribution in [2.45, 2.75) is 12.6 Å². The van der Waals surface area contributed by atoms with E-state index in [9.17, 15) is 5.11 Å². The number of nitrogens with two attached hydrogens (primary N) is 1. The van der Waals surface area contributed by atoms with E-state index in [-0.39, 0.29) is 12.7 Å². The van der Waals surface area contributed by atoms with Crippen molar-refractivity contribution in [1.82, 2.24) is 0 Å². The van der Waals surface area contributed by atoms with Crippen LogP contribution in [-0.2, 0) is 11.3 Å². The fourth-order valence-electron chi connectivity index (χ4n) is 2.85. The van der Waals surface area contributed by atoms with Crippen LogP contribution < -0.4 is 10.6 Å². The van der Waals surface area contributed by atoms with Crippen molar-refractivity contribution in [1.29, 1.82) is 0 Å². The second-order valence-corrected chi connectivity index (χ2v) is 5.11. The lowest BCUT2D eigenvalue weighted by Gasteiger charge is -2.34. The molecule has 0 aliphatic carbocycles. The summed E-state index contributed by atoms with van der Waals surface area (Å²) in [6.07, 6.45) is -0.100. The van der Waals surface area contributed by atoms with Crippen molar-refractivity contribution in [3.05, 3.63) is 42.0 Å². The number of ether oxygens (including phenoxy) is 1. The highest BCUT2D eigenvalue weighted by molar-refractivity contribution is 5.96. The van der Waals surface area contributed by atoms with Crippen LogP contribution in [0, 0.1) is 0 Å². The average molecular weight is 272 g/mol. The third-order valence-corrected chi connectivity index (χ3v) is 3.89. The standard InChI is InChI=1S/C16H20N2O2/c17-9-12-5-6-16(15-4-2-1-3-14(12)15)18-7-8-20-13(10-18)11-19/h1-6,13,19H,7-11,17H2. The molecule has 1 aliphatic heterocycles. The third-order valence-electron chi connectivity index (χ3n) is 3.89. The number of hydrogen-bond donors (Lipinski definition) is 2. The Hall–Kier alpha value is -1.62. The van der Waals surface area contributed by atoms with Crippen LogP contribution in [0.3, 0.4) is 0 Å². The van der Waals surface area contributed by atoms with E-state index in [4.69, 9.17) is 10.5 Å². The van der Waals surface area contributed by atoms with Crippen LogP contribution in [0.2, 0.25) is 0 Å². The highest BCUT2D eigenvalue weighted by Crippen LogP contribution is 2.30. The molecule has 1 aliphatic rings. The number of nitrogens with zero attached hydrogens (tertiary/aromatic N) is 1. The monoisotopic (exact) mass is 272 g/mol. The minimum Gasteiger partial charge on any atom is -0.394 e. The normalized spacial score (nSPS) is 19.5. The lowest BCUT2D eigenvalue weighted by Crippen LogP contribution is -2.44. The van der Waals surface area contributed by atoms with E-state index in [1.54, 1.807) is 0 Å². The predicted octanol–water partition coefficient (Wildman–Crippen LogP) is 1.50. The van der Waals surface area contributed by atoms with Crippen molar-refractivity contribution >= 4 is 16.5 Å². The number of hydrogen-bond acceptors (Lipinski definition) is 4. The first-order valence-electron chi connectivity index (χ1n) is 7.01. The van der Waals surface area contributed by atoms with Gasteiger partial charge in [0.15, 0.2) is 0 Å². The molecule has 3 rings (SSSR count). The summed E-state index contributed by atoms with van der Waals surface area (Å²) in [4.78, 5) is 2.28. The Balaban J connectivity index is 2.03. The molecule has 2 aromatic carbocycles. The Bertz CT molecular complexity index is 600. The molecule has 0 radical (unpaired) electrons. The molecule has 0 amide bonds. The maximum atomic E-state index is 9.28. The van der Waals surface area contributed by atoms with Gasteiger partial charge in [0, 0.05) is 30.7 Å². The average Bonchev–Trinajstić information content (AvgIpc) is 2.54. The van der Waals surface area contributed by atoms with Gasteiger partial charge in [-0.1, -0.05) is 30.3 Å². The SMILES string of the molecule is NCc1ccc(N2CCOC(CO)C2)c2ccccc12. The molecule has 4 heteroatoms. The summed E-state index contributed by atoms with van der Waals surface area (Å²) in [7, 11) is 0. The summed E-state index contributed by atoms with van der Waals surface area (Å²) >= 11 is 0. The van der Waals surface area contributed by atoms with Crippen LogP contribution in [0.4, 0.5) is 5.69 Å². The maximum absolute atomic E-state index is 9.28. The molecule has 0 aromatic heterocycles. The number of morpholine rings is 1. The summed E-state index contributed by atoms with van der Waals surface area (Å²) in [6, 6.07) is 12.6. The molecule has 1 unspecified atom stereocenters. The van der Waals surface area contributed by atoms with Crippen LogP contribution >= 0.6 is 0 Å². The van der Waals surface area contributed by atoms with E-state index >= 15 is 0 Å². The maximum Gasteiger partial charge on any atom is 0.0980 e. The lowest BCUT2D eigenvalue weighted by atomic mass is 10.0. The van der Waals surface area contributed by atoms with Gasteiger partial charge in [-0.05, 0) is 17.0 Å². The van der Waals surface area contributed by atoms with E-state index in [1.807, 2.05) is 6.07 Å². The molecule has 1 atom stereocenters. The van der Waals surface area contributed by atoms with Gasteiger partial charge in [0.2, 0.25) is 0 Å². The van der Waals surface area contributed by atoms with Crippen LogP contribution in [0.15, 0.2) is 36.4 Å². The zero-order valence-corrected chi connectivity index (χ0v) is 11.5. The van der Waals surface area contributed by atoms with Crippen molar-refractivity contribution in [2.24, 2.45) is 5.73 Å². The van der Waals surface area contributed by atoms with E-state index in [2.05, 4.69) is 35.2 Å². The smallest absolute Gasteiger partial charge is 0.0980 e. The molecule has 2 aromatic rings. The van der Waals surface area contributed by atoms with Crippen LogP contribution in [0.25, 0.3) is 10.8 Å². The molecular formula is C16H20N2O2. The van der Waals surface area contributed by atoms with Gasteiger partial charge in [-0.3, -0.25) is 0 Å². The Kier molecular flexibility index (Phi) is 3.87. The van der Waals surface area contributed by atoms with Crippen molar-refractivity contribution in [2.75, 3.05) is 31.2 Å². The minimum absolute atomic E-state index is 0.0648. The summed E-state index contributed by atoms with van der Waals surface area (Å²) in [5.74, 6) is 0. The molecule has 0 bridgehead atoms. The number of aliphatic hydroxyl groups excluding tert-OH is 1. The fraction of sp³-hybridized carbons (Fsp3) is 0.375. The Morgan fingerprint density at radius 1 is 1.20 bits per heavy atom. The fourth-order valence-corrected chi connectivity index (χ4v) is 2.85. The minimum atomic E-state index is -0.100. The van der Waals surface area contributed by atoms with E-state index < -0.39 is 0 Å². The Morgan fingerprint density at radius 2 is 2.00 bits per heavy atom. The topological polar surface area (TPSA) is 58.7 Å². The van der Waals surface area contributed by atoms with Gasteiger partial charge in [-0.15, -0.1) is 0 Å². The molecule has 20 heavy (non-hydrogen) atoms. The highest BCUT2D eigenvalue weighted by Gasteiger charge is 2.21. The van der Waals surface area contributed by atoms with Crippen LogP contribution in [0.5, 0.6) is 0 Å². The Morgan fingerprint density at radius 3 is 2.75 bits per heavy atom. The van der Waals surface area contributed by atoms with Crippen LogP contribution in [0.1, 0.15) is 5.56 Å². The van der Waals surface area contributed by atoms with E-state index in [0.717, 1.165) is 18.7 Å². The van der Waals surface area contributed by atoms with Crippen LogP contribution in [-0.4, -0.2) is 37.5 Å². The number of aliphatic hydroxyl groups is 1. The molecule has 4 nitrogen and oxygen atoms in total.